The topological polar surface area (TPSA) is 34.0 Å². The van der Waals surface area contributed by atoms with Crippen molar-refractivity contribution in [2.45, 2.75) is 39.8 Å². The number of hydrogen-bond donors (Lipinski definition) is 0. The molecule has 2 rings (SSSR count). The van der Waals surface area contributed by atoms with Crippen LogP contribution in [0.2, 0.25) is 0 Å². The predicted octanol–water partition coefficient (Wildman–Crippen LogP) is 2.86. The van der Waals surface area contributed by atoms with Crippen LogP contribution in [0.25, 0.3) is 11.2 Å². The van der Waals surface area contributed by atoms with Crippen LogP contribution in [0.1, 0.15) is 25.4 Å². The molecule has 2 heterocycles. The van der Waals surface area contributed by atoms with E-state index in [1.165, 1.54) is 0 Å². The average molecular weight is 295 g/mol. The van der Waals surface area contributed by atoms with Gasteiger partial charge in [0, 0.05) is 37.1 Å². The molecule has 0 unspecified atom stereocenters. The summed E-state index contributed by atoms with van der Waals surface area (Å²) in [5, 5.41) is 0. The lowest BCUT2D eigenvalue weighted by atomic mass is 10.3. The zero-order chi connectivity index (χ0) is 14.7. The molecule has 2 aromatic rings. The molecule has 0 amide bonds. The van der Waals surface area contributed by atoms with Crippen LogP contribution in [0.4, 0.5) is 0 Å². The van der Waals surface area contributed by atoms with E-state index in [4.69, 9.17) is 11.6 Å². The predicted molar refractivity (Wildman–Crippen MR) is 84.5 cm³/mol. The van der Waals surface area contributed by atoms with E-state index in [1.54, 1.807) is 0 Å². The van der Waals surface area contributed by atoms with Gasteiger partial charge in [-0.3, -0.25) is 0 Å². The van der Waals surface area contributed by atoms with Gasteiger partial charge < -0.3 is 9.47 Å². The summed E-state index contributed by atoms with van der Waals surface area (Å²) >= 11 is 5.90. The molecule has 0 aliphatic heterocycles. The molecule has 0 aromatic carbocycles. The summed E-state index contributed by atoms with van der Waals surface area (Å²) in [4.78, 5) is 11.6. The van der Waals surface area contributed by atoms with Gasteiger partial charge in [-0.1, -0.05) is 0 Å². The third kappa shape index (κ3) is 3.30. The minimum absolute atomic E-state index is 0.538. The molecular weight excluding hydrogens is 272 g/mol. The molecule has 4 nitrogen and oxygen atoms in total. The molecule has 0 bridgehead atoms. The summed E-state index contributed by atoms with van der Waals surface area (Å²) in [5.74, 6) is 1.62. The largest absolute Gasteiger partial charge is 0.311 e. The van der Waals surface area contributed by atoms with Crippen molar-refractivity contribution in [3.8, 4) is 0 Å². The Morgan fingerprint density at radius 2 is 2.05 bits per heavy atom. The van der Waals surface area contributed by atoms with E-state index in [-0.39, 0.29) is 0 Å². The summed E-state index contributed by atoms with van der Waals surface area (Å²) in [6.07, 6.45) is 0.780. The van der Waals surface area contributed by atoms with Gasteiger partial charge in [0.15, 0.2) is 5.65 Å². The zero-order valence-corrected chi connectivity index (χ0v) is 13.5. The molecule has 0 fully saturated rings. The maximum atomic E-state index is 5.90. The van der Waals surface area contributed by atoms with E-state index in [1.807, 2.05) is 19.1 Å². The number of alkyl halides is 1. The van der Waals surface area contributed by atoms with Crippen LogP contribution in [-0.4, -0.2) is 44.9 Å². The van der Waals surface area contributed by atoms with Gasteiger partial charge in [-0.15, -0.1) is 11.6 Å². The molecule has 0 spiro atoms. The normalized spacial score (nSPS) is 11.9. The van der Waals surface area contributed by atoms with Crippen molar-refractivity contribution in [2.75, 3.05) is 19.5 Å². The molecule has 110 valence electrons. The van der Waals surface area contributed by atoms with Crippen LogP contribution in [0.5, 0.6) is 0 Å². The number of imidazole rings is 1. The fourth-order valence-electron chi connectivity index (χ4n) is 2.17. The number of fused-ring (bicyclic) bond motifs is 1. The maximum absolute atomic E-state index is 5.90. The third-order valence-electron chi connectivity index (χ3n) is 3.69. The second kappa shape index (κ2) is 6.55. The molecule has 20 heavy (non-hydrogen) atoms. The smallest absolute Gasteiger partial charge is 0.160 e. The quantitative estimate of drug-likeness (QED) is 0.768. The summed E-state index contributed by atoms with van der Waals surface area (Å²) in [5.41, 5.74) is 2.96. The number of nitrogens with zero attached hydrogens (tertiary/aromatic N) is 4. The number of pyridine rings is 1. The van der Waals surface area contributed by atoms with Gasteiger partial charge >= 0.3 is 0 Å². The van der Waals surface area contributed by atoms with E-state index in [2.05, 4.69) is 40.3 Å². The van der Waals surface area contributed by atoms with Crippen LogP contribution >= 0.6 is 11.6 Å². The van der Waals surface area contributed by atoms with E-state index >= 15 is 0 Å². The molecule has 0 saturated carbocycles. The number of likely N-dealkylation sites (N-methyl/N-ethyl adjacent to an activating group) is 1. The molecule has 2 aromatic heterocycles. The number of aromatic nitrogens is 3. The Hall–Kier alpha value is -1.13. The first-order chi connectivity index (χ1) is 9.52. The van der Waals surface area contributed by atoms with Crippen LogP contribution in [-0.2, 0) is 13.0 Å². The van der Waals surface area contributed by atoms with Gasteiger partial charge in [-0.25, -0.2) is 9.97 Å². The first kappa shape index (κ1) is 15.3. The second-order valence-corrected chi connectivity index (χ2v) is 5.87. The van der Waals surface area contributed by atoms with Crippen LogP contribution in [0.15, 0.2) is 12.1 Å². The third-order valence-corrected chi connectivity index (χ3v) is 3.88. The van der Waals surface area contributed by atoms with E-state index in [9.17, 15) is 0 Å². The van der Waals surface area contributed by atoms with Gasteiger partial charge in [0.1, 0.15) is 11.3 Å². The van der Waals surface area contributed by atoms with Crippen molar-refractivity contribution in [3.05, 3.63) is 23.7 Å². The Kier molecular flexibility index (Phi) is 5.00. The molecule has 0 aliphatic rings. The fourth-order valence-corrected chi connectivity index (χ4v) is 2.34. The van der Waals surface area contributed by atoms with Crippen LogP contribution < -0.4 is 0 Å². The molecule has 0 aliphatic carbocycles. The van der Waals surface area contributed by atoms with E-state index < -0.39 is 0 Å². The van der Waals surface area contributed by atoms with Gasteiger partial charge in [-0.05, 0) is 40.0 Å². The summed E-state index contributed by atoms with van der Waals surface area (Å²) in [6.45, 7) is 8.29. The van der Waals surface area contributed by atoms with Gasteiger partial charge in [0.05, 0.1) is 0 Å². The molecule has 0 saturated heterocycles. The second-order valence-electron chi connectivity index (χ2n) is 5.49. The van der Waals surface area contributed by atoms with Crippen LogP contribution in [0, 0.1) is 6.92 Å². The maximum Gasteiger partial charge on any atom is 0.160 e. The summed E-state index contributed by atoms with van der Waals surface area (Å²) in [7, 11) is 2.14. The Balaban J connectivity index is 2.32. The zero-order valence-electron chi connectivity index (χ0n) is 12.7. The number of halogens is 1. The van der Waals surface area contributed by atoms with E-state index in [0.29, 0.717) is 11.9 Å². The lowest BCUT2D eigenvalue weighted by Crippen LogP contribution is -2.30. The van der Waals surface area contributed by atoms with Gasteiger partial charge in [0.2, 0.25) is 0 Å². The van der Waals surface area contributed by atoms with Crippen LogP contribution in [0.3, 0.4) is 0 Å². The van der Waals surface area contributed by atoms with Crippen molar-refractivity contribution in [1.29, 1.82) is 0 Å². The highest BCUT2D eigenvalue weighted by Gasteiger charge is 2.13. The Morgan fingerprint density at radius 1 is 1.30 bits per heavy atom. The molecule has 0 N–H and O–H groups in total. The van der Waals surface area contributed by atoms with Crippen molar-refractivity contribution >= 4 is 22.8 Å². The molecule has 0 atom stereocenters. The average Bonchev–Trinajstić information content (AvgIpc) is 2.73. The highest BCUT2D eigenvalue weighted by atomic mass is 35.5. The molecule has 5 heteroatoms. The first-order valence-electron chi connectivity index (χ1n) is 7.12. The first-order valence-corrected chi connectivity index (χ1v) is 7.65. The molecular formula is C15H23ClN4. The highest BCUT2D eigenvalue weighted by Crippen LogP contribution is 2.16. The number of rotatable bonds is 6. The van der Waals surface area contributed by atoms with Crippen molar-refractivity contribution < 1.29 is 0 Å². The molecule has 0 radical (unpaired) electrons. The summed E-state index contributed by atoms with van der Waals surface area (Å²) < 4.78 is 2.21. The number of aryl methyl sites for hydroxylation is 2. The van der Waals surface area contributed by atoms with E-state index in [0.717, 1.165) is 42.2 Å². The Bertz CT molecular complexity index is 577. The Labute approximate surface area is 125 Å². The van der Waals surface area contributed by atoms with Gasteiger partial charge in [-0.2, -0.15) is 0 Å². The van der Waals surface area contributed by atoms with Crippen molar-refractivity contribution in [2.24, 2.45) is 0 Å². The Morgan fingerprint density at radius 3 is 2.70 bits per heavy atom. The minimum atomic E-state index is 0.538. The fraction of sp³-hybridized carbons (Fsp3) is 0.600. The number of hydrogen-bond acceptors (Lipinski definition) is 3. The highest BCUT2D eigenvalue weighted by molar-refractivity contribution is 6.17. The monoisotopic (exact) mass is 294 g/mol. The lowest BCUT2D eigenvalue weighted by Gasteiger charge is -2.21. The minimum Gasteiger partial charge on any atom is -0.311 e. The van der Waals surface area contributed by atoms with Gasteiger partial charge in [0.25, 0.3) is 0 Å². The van der Waals surface area contributed by atoms with Crippen molar-refractivity contribution in [3.63, 3.8) is 0 Å². The summed E-state index contributed by atoms with van der Waals surface area (Å²) in [6, 6.07) is 4.58. The standard InChI is InChI=1S/C15H23ClN4/c1-11(2)19(4)9-10-20-14(7-8-16)18-13-6-5-12(3)17-15(13)20/h5-6,11H,7-10H2,1-4H3. The van der Waals surface area contributed by atoms with Crippen molar-refractivity contribution in [1.82, 2.24) is 19.4 Å². The SMILES string of the molecule is Cc1ccc2nc(CCCl)n(CCN(C)C(C)C)c2n1. The lowest BCUT2D eigenvalue weighted by molar-refractivity contribution is 0.263.